The number of nitrogens with zero attached hydrogens (tertiary/aromatic N) is 3. The van der Waals surface area contributed by atoms with Crippen LogP contribution in [0.2, 0.25) is 0 Å². The number of piperidine rings is 1. The Morgan fingerprint density at radius 1 is 1.33 bits per heavy atom. The molecule has 124 valence electrons. The minimum atomic E-state index is 0.0208. The van der Waals surface area contributed by atoms with E-state index in [1.165, 1.54) is 5.56 Å². The molecule has 1 unspecified atom stereocenters. The summed E-state index contributed by atoms with van der Waals surface area (Å²) in [5.74, 6) is 0.382. The highest BCUT2D eigenvalue weighted by Crippen LogP contribution is 2.27. The molecule has 1 atom stereocenters. The fourth-order valence-corrected chi connectivity index (χ4v) is 3.72. The second-order valence-corrected chi connectivity index (χ2v) is 6.74. The topological polar surface area (TPSA) is 53.9 Å². The standard InChI is InChI=1S/C19H22N4O/c1-22-11-14(10-20-22)12-23-8-4-6-16(13-23)18-9-15-5-2-3-7-17(15)19(24)21-18/h2-3,5,7,9-11,16H,4,6,8,12-13H2,1H3,(H,21,24). The van der Waals surface area contributed by atoms with E-state index in [1.807, 2.05) is 42.2 Å². The van der Waals surface area contributed by atoms with Gasteiger partial charge in [0, 0.05) is 48.9 Å². The third kappa shape index (κ3) is 2.99. The molecular weight excluding hydrogens is 300 g/mol. The van der Waals surface area contributed by atoms with Crippen molar-refractivity contribution in [2.24, 2.45) is 7.05 Å². The number of nitrogens with one attached hydrogen (secondary N) is 1. The number of pyridine rings is 1. The van der Waals surface area contributed by atoms with Gasteiger partial charge in [0.2, 0.25) is 0 Å². The van der Waals surface area contributed by atoms with Gasteiger partial charge in [-0.1, -0.05) is 18.2 Å². The lowest BCUT2D eigenvalue weighted by atomic mass is 9.93. The summed E-state index contributed by atoms with van der Waals surface area (Å²) in [4.78, 5) is 17.9. The lowest BCUT2D eigenvalue weighted by Crippen LogP contribution is -2.34. The first-order valence-electron chi connectivity index (χ1n) is 8.51. The van der Waals surface area contributed by atoms with E-state index in [0.717, 1.165) is 48.9 Å². The van der Waals surface area contributed by atoms with Gasteiger partial charge in [-0.25, -0.2) is 0 Å². The molecule has 3 heterocycles. The number of H-pyrrole nitrogens is 1. The molecule has 0 amide bonds. The summed E-state index contributed by atoms with van der Waals surface area (Å²) < 4.78 is 1.84. The Labute approximate surface area is 140 Å². The summed E-state index contributed by atoms with van der Waals surface area (Å²) >= 11 is 0. The fourth-order valence-electron chi connectivity index (χ4n) is 3.72. The molecule has 1 aliphatic rings. The number of likely N-dealkylation sites (tertiary alicyclic amines) is 1. The first-order chi connectivity index (χ1) is 11.7. The van der Waals surface area contributed by atoms with E-state index >= 15 is 0 Å². The first-order valence-corrected chi connectivity index (χ1v) is 8.51. The zero-order chi connectivity index (χ0) is 16.5. The number of fused-ring (bicyclic) bond motifs is 1. The Bertz CT molecular complexity index is 911. The average molecular weight is 322 g/mol. The van der Waals surface area contributed by atoms with Crippen LogP contribution in [0.5, 0.6) is 0 Å². The highest BCUT2D eigenvalue weighted by atomic mass is 16.1. The molecule has 3 aromatic rings. The number of benzene rings is 1. The van der Waals surface area contributed by atoms with Gasteiger partial charge in [0.05, 0.1) is 6.20 Å². The first kappa shape index (κ1) is 15.1. The molecule has 5 nitrogen and oxygen atoms in total. The second-order valence-electron chi connectivity index (χ2n) is 6.74. The number of aromatic amines is 1. The molecule has 0 saturated carbocycles. The van der Waals surface area contributed by atoms with E-state index in [0.29, 0.717) is 5.92 Å². The van der Waals surface area contributed by atoms with Crippen LogP contribution in [0.3, 0.4) is 0 Å². The van der Waals surface area contributed by atoms with Crippen molar-refractivity contribution < 1.29 is 0 Å². The lowest BCUT2D eigenvalue weighted by Gasteiger charge is -2.32. The zero-order valence-corrected chi connectivity index (χ0v) is 13.9. The third-order valence-corrected chi connectivity index (χ3v) is 4.88. The average Bonchev–Trinajstić information content (AvgIpc) is 3.00. The van der Waals surface area contributed by atoms with Crippen LogP contribution in [-0.4, -0.2) is 32.8 Å². The van der Waals surface area contributed by atoms with Gasteiger partial charge in [0.1, 0.15) is 0 Å². The molecule has 1 N–H and O–H groups in total. The molecule has 1 aliphatic heterocycles. The zero-order valence-electron chi connectivity index (χ0n) is 13.9. The molecule has 5 heteroatoms. The monoisotopic (exact) mass is 322 g/mol. The van der Waals surface area contributed by atoms with Crippen molar-refractivity contribution in [2.45, 2.75) is 25.3 Å². The number of aryl methyl sites for hydroxylation is 1. The van der Waals surface area contributed by atoms with Crippen LogP contribution >= 0.6 is 0 Å². The van der Waals surface area contributed by atoms with E-state index < -0.39 is 0 Å². The Balaban J connectivity index is 1.56. The molecule has 0 radical (unpaired) electrons. The van der Waals surface area contributed by atoms with Gasteiger partial charge in [-0.15, -0.1) is 0 Å². The Morgan fingerprint density at radius 3 is 3.04 bits per heavy atom. The lowest BCUT2D eigenvalue weighted by molar-refractivity contribution is 0.198. The predicted molar refractivity (Wildman–Crippen MR) is 95.0 cm³/mol. The summed E-state index contributed by atoms with van der Waals surface area (Å²) in [5, 5.41) is 6.04. The molecule has 24 heavy (non-hydrogen) atoms. The van der Waals surface area contributed by atoms with Crippen LogP contribution in [0.25, 0.3) is 10.8 Å². The molecule has 1 fully saturated rings. The van der Waals surface area contributed by atoms with Gasteiger partial charge in [0.25, 0.3) is 5.56 Å². The van der Waals surface area contributed by atoms with Crippen LogP contribution in [0.15, 0.2) is 47.5 Å². The van der Waals surface area contributed by atoms with Crippen molar-refractivity contribution in [1.82, 2.24) is 19.7 Å². The van der Waals surface area contributed by atoms with Crippen molar-refractivity contribution in [3.63, 3.8) is 0 Å². The molecule has 2 aromatic heterocycles. The van der Waals surface area contributed by atoms with Crippen LogP contribution in [-0.2, 0) is 13.6 Å². The van der Waals surface area contributed by atoms with Gasteiger partial charge >= 0.3 is 0 Å². The van der Waals surface area contributed by atoms with Crippen molar-refractivity contribution in [1.29, 1.82) is 0 Å². The van der Waals surface area contributed by atoms with Gasteiger partial charge in [-0.2, -0.15) is 5.10 Å². The second kappa shape index (κ2) is 6.24. The van der Waals surface area contributed by atoms with Crippen LogP contribution < -0.4 is 5.56 Å². The Kier molecular flexibility index (Phi) is 3.94. The summed E-state index contributed by atoms with van der Waals surface area (Å²) in [6.07, 6.45) is 6.28. The minimum absolute atomic E-state index is 0.0208. The van der Waals surface area contributed by atoms with E-state index in [9.17, 15) is 4.79 Å². The molecule has 0 bridgehead atoms. The number of rotatable bonds is 3. The highest BCUT2D eigenvalue weighted by molar-refractivity contribution is 5.81. The normalized spacial score (nSPS) is 19.0. The van der Waals surface area contributed by atoms with E-state index in [1.54, 1.807) is 0 Å². The molecular formula is C19H22N4O. The molecule has 0 spiro atoms. The largest absolute Gasteiger partial charge is 0.325 e. The highest BCUT2D eigenvalue weighted by Gasteiger charge is 2.22. The van der Waals surface area contributed by atoms with Gasteiger partial charge < -0.3 is 4.98 Å². The van der Waals surface area contributed by atoms with Gasteiger partial charge in [-0.3, -0.25) is 14.4 Å². The maximum absolute atomic E-state index is 12.3. The molecule has 4 rings (SSSR count). The Hall–Kier alpha value is -2.40. The summed E-state index contributed by atoms with van der Waals surface area (Å²) in [7, 11) is 1.95. The molecule has 1 saturated heterocycles. The quantitative estimate of drug-likeness (QED) is 0.806. The van der Waals surface area contributed by atoms with E-state index in [2.05, 4.69) is 27.2 Å². The maximum Gasteiger partial charge on any atom is 0.256 e. The van der Waals surface area contributed by atoms with Gasteiger partial charge in [-0.05, 0) is 36.9 Å². The number of hydrogen-bond donors (Lipinski definition) is 1. The fraction of sp³-hybridized carbons (Fsp3) is 0.368. The van der Waals surface area contributed by atoms with Crippen LogP contribution in [0.4, 0.5) is 0 Å². The van der Waals surface area contributed by atoms with Crippen LogP contribution in [0, 0.1) is 0 Å². The summed E-state index contributed by atoms with van der Waals surface area (Å²) in [5.41, 5.74) is 2.33. The van der Waals surface area contributed by atoms with Crippen molar-refractivity contribution in [3.05, 3.63) is 64.3 Å². The summed E-state index contributed by atoms with van der Waals surface area (Å²) in [6, 6.07) is 9.95. The maximum atomic E-state index is 12.3. The van der Waals surface area contributed by atoms with E-state index in [-0.39, 0.29) is 5.56 Å². The van der Waals surface area contributed by atoms with Crippen molar-refractivity contribution >= 4 is 10.8 Å². The third-order valence-electron chi connectivity index (χ3n) is 4.88. The van der Waals surface area contributed by atoms with Gasteiger partial charge in [0.15, 0.2) is 0 Å². The smallest absolute Gasteiger partial charge is 0.256 e. The predicted octanol–water partition coefficient (Wildman–Crippen LogP) is 2.64. The minimum Gasteiger partial charge on any atom is -0.325 e. The molecule has 1 aromatic carbocycles. The molecule has 0 aliphatic carbocycles. The SMILES string of the molecule is Cn1cc(CN2CCCC(c3cc4ccccc4c(=O)[nH]3)C2)cn1. The summed E-state index contributed by atoms with van der Waals surface area (Å²) in [6.45, 7) is 2.99. The Morgan fingerprint density at radius 2 is 2.21 bits per heavy atom. The number of aromatic nitrogens is 3. The van der Waals surface area contributed by atoms with E-state index in [4.69, 9.17) is 0 Å². The van der Waals surface area contributed by atoms with Crippen molar-refractivity contribution in [3.8, 4) is 0 Å². The van der Waals surface area contributed by atoms with Crippen LogP contribution in [0.1, 0.15) is 30.0 Å². The van der Waals surface area contributed by atoms with Crippen molar-refractivity contribution in [2.75, 3.05) is 13.1 Å². The number of hydrogen-bond acceptors (Lipinski definition) is 3.